The van der Waals surface area contributed by atoms with E-state index in [1.165, 1.54) is 5.56 Å². The van der Waals surface area contributed by atoms with Gasteiger partial charge in [-0.05, 0) is 17.1 Å². The minimum absolute atomic E-state index is 0.165. The fourth-order valence-electron chi connectivity index (χ4n) is 1.71. The predicted molar refractivity (Wildman–Crippen MR) is 69.3 cm³/mol. The molecule has 2 heteroatoms. The van der Waals surface area contributed by atoms with Crippen LogP contribution in [0.4, 0.5) is 0 Å². The van der Waals surface area contributed by atoms with Crippen LogP contribution in [0.25, 0.3) is 5.70 Å². The Morgan fingerprint density at radius 3 is 2.44 bits per heavy atom. The van der Waals surface area contributed by atoms with Gasteiger partial charge in [-0.1, -0.05) is 51.1 Å². The van der Waals surface area contributed by atoms with E-state index in [4.69, 9.17) is 0 Å². The Balaban J connectivity index is 2.28. The van der Waals surface area contributed by atoms with E-state index in [0.29, 0.717) is 0 Å². The maximum Gasteiger partial charge on any atom is 0.0875 e. The molecule has 0 spiro atoms. The summed E-state index contributed by atoms with van der Waals surface area (Å²) in [5.41, 5.74) is 2.52. The topological polar surface area (TPSA) is 24.4 Å². The third kappa shape index (κ3) is 2.32. The molecule has 0 bridgehead atoms. The molecule has 1 aliphatic rings. The molecule has 0 saturated heterocycles. The maximum atomic E-state index is 4.46. The first-order valence-electron chi connectivity index (χ1n) is 5.63. The van der Waals surface area contributed by atoms with Gasteiger partial charge in [0.2, 0.25) is 0 Å². The van der Waals surface area contributed by atoms with E-state index in [2.05, 4.69) is 61.4 Å². The second kappa shape index (κ2) is 4.12. The molecule has 0 fully saturated rings. The number of nitrogens with one attached hydrogen (secondary N) is 1. The van der Waals surface area contributed by atoms with Gasteiger partial charge in [0.15, 0.2) is 0 Å². The molecule has 2 nitrogen and oxygen atoms in total. The average molecular weight is 214 g/mol. The summed E-state index contributed by atoms with van der Waals surface area (Å²) in [5.74, 6) is 0. The zero-order chi connectivity index (χ0) is 11.6. The van der Waals surface area contributed by atoms with Crippen LogP contribution in [-0.2, 0) is 0 Å². The van der Waals surface area contributed by atoms with Crippen molar-refractivity contribution < 1.29 is 0 Å². The number of hydrogen-bond acceptors (Lipinski definition) is 2. The van der Waals surface area contributed by atoms with Crippen LogP contribution in [0.1, 0.15) is 26.3 Å². The van der Waals surface area contributed by atoms with E-state index < -0.39 is 0 Å². The lowest BCUT2D eigenvalue weighted by Crippen LogP contribution is -2.28. The van der Waals surface area contributed by atoms with Crippen LogP contribution in [0.15, 0.2) is 41.4 Å². The van der Waals surface area contributed by atoms with Gasteiger partial charge in [-0.25, -0.2) is 0 Å². The van der Waals surface area contributed by atoms with Gasteiger partial charge in [-0.2, -0.15) is 0 Å². The highest BCUT2D eigenvalue weighted by atomic mass is 15.0. The summed E-state index contributed by atoms with van der Waals surface area (Å²) in [6.07, 6.45) is 4.01. The second-order valence-electron chi connectivity index (χ2n) is 5.18. The molecule has 16 heavy (non-hydrogen) atoms. The molecule has 0 amide bonds. The molecule has 84 valence electrons. The molecule has 1 N–H and O–H groups in total. The zero-order valence-corrected chi connectivity index (χ0v) is 10.1. The summed E-state index contributed by atoms with van der Waals surface area (Å²) in [6.45, 7) is 6.62. The van der Waals surface area contributed by atoms with Crippen LogP contribution >= 0.6 is 0 Å². The molecule has 1 aliphatic heterocycles. The number of rotatable bonds is 1. The Morgan fingerprint density at radius 1 is 1.12 bits per heavy atom. The Labute approximate surface area is 97.1 Å². The fraction of sp³-hybridized carbons (Fsp3) is 0.357. The molecule has 1 unspecified atom stereocenters. The van der Waals surface area contributed by atoms with Crippen molar-refractivity contribution >= 4 is 12.0 Å². The van der Waals surface area contributed by atoms with E-state index >= 15 is 0 Å². The van der Waals surface area contributed by atoms with Crippen LogP contribution in [0, 0.1) is 5.41 Å². The molecule has 1 heterocycles. The summed E-state index contributed by atoms with van der Waals surface area (Å²) in [4.78, 5) is 4.46. The second-order valence-corrected chi connectivity index (χ2v) is 5.18. The highest BCUT2D eigenvalue weighted by Gasteiger charge is 2.24. The third-order valence-electron chi connectivity index (χ3n) is 2.75. The summed E-state index contributed by atoms with van der Waals surface area (Å²) < 4.78 is 0. The lowest BCUT2D eigenvalue weighted by Gasteiger charge is -2.28. The van der Waals surface area contributed by atoms with Crippen LogP contribution in [-0.4, -0.2) is 12.4 Å². The lowest BCUT2D eigenvalue weighted by atomic mass is 9.86. The predicted octanol–water partition coefficient (Wildman–Crippen LogP) is 3.07. The largest absolute Gasteiger partial charge is 0.346 e. The highest BCUT2D eigenvalue weighted by molar-refractivity contribution is 5.78. The Kier molecular flexibility index (Phi) is 2.82. The first-order chi connectivity index (χ1) is 7.57. The minimum atomic E-state index is 0.165. The van der Waals surface area contributed by atoms with Crippen molar-refractivity contribution in [3.05, 3.63) is 42.0 Å². The van der Waals surface area contributed by atoms with E-state index in [0.717, 1.165) is 5.70 Å². The maximum absolute atomic E-state index is 4.46. The Bertz CT molecular complexity index is 410. The van der Waals surface area contributed by atoms with Crippen molar-refractivity contribution in [2.45, 2.75) is 26.8 Å². The monoisotopic (exact) mass is 214 g/mol. The van der Waals surface area contributed by atoms with Crippen LogP contribution in [0.2, 0.25) is 0 Å². The molecular weight excluding hydrogens is 196 g/mol. The van der Waals surface area contributed by atoms with E-state index in [-0.39, 0.29) is 11.5 Å². The third-order valence-corrected chi connectivity index (χ3v) is 2.75. The van der Waals surface area contributed by atoms with E-state index in [9.17, 15) is 0 Å². The molecular formula is C14H18N2. The molecule has 0 radical (unpaired) electrons. The first-order valence-corrected chi connectivity index (χ1v) is 5.63. The Morgan fingerprint density at radius 2 is 1.81 bits per heavy atom. The van der Waals surface area contributed by atoms with Gasteiger partial charge in [-0.3, -0.25) is 4.99 Å². The van der Waals surface area contributed by atoms with Crippen LogP contribution < -0.4 is 5.32 Å². The van der Waals surface area contributed by atoms with Gasteiger partial charge in [0, 0.05) is 5.70 Å². The van der Waals surface area contributed by atoms with Crippen LogP contribution in [0.3, 0.4) is 0 Å². The minimum Gasteiger partial charge on any atom is -0.346 e. The molecule has 2 rings (SSSR count). The molecule has 1 atom stereocenters. The van der Waals surface area contributed by atoms with Crippen molar-refractivity contribution in [1.29, 1.82) is 0 Å². The summed E-state index contributed by atoms with van der Waals surface area (Å²) in [5, 5.41) is 3.21. The molecule has 1 aromatic carbocycles. The van der Waals surface area contributed by atoms with Crippen molar-refractivity contribution in [2.24, 2.45) is 10.4 Å². The molecule has 0 aliphatic carbocycles. The standard InChI is InChI=1S/C14H18N2/c1-14(2,3)13-9-12(15-10-16-13)11-7-5-4-6-8-11/h4-10,13H,1-3H3,(H,15,16). The number of benzene rings is 1. The number of nitrogens with zero attached hydrogens (tertiary/aromatic N) is 1. The lowest BCUT2D eigenvalue weighted by molar-refractivity contribution is 0.367. The number of hydrogen-bond donors (Lipinski definition) is 1. The van der Waals surface area contributed by atoms with Gasteiger partial charge in [0.05, 0.1) is 12.4 Å². The van der Waals surface area contributed by atoms with Gasteiger partial charge < -0.3 is 5.32 Å². The fourth-order valence-corrected chi connectivity index (χ4v) is 1.71. The molecule has 0 saturated carbocycles. The van der Waals surface area contributed by atoms with Crippen molar-refractivity contribution in [2.75, 3.05) is 0 Å². The summed E-state index contributed by atoms with van der Waals surface area (Å²) >= 11 is 0. The van der Waals surface area contributed by atoms with E-state index in [1.54, 1.807) is 6.34 Å². The molecule has 1 aromatic rings. The highest BCUT2D eigenvalue weighted by Crippen LogP contribution is 2.27. The molecule has 0 aromatic heterocycles. The zero-order valence-electron chi connectivity index (χ0n) is 10.1. The quantitative estimate of drug-likeness (QED) is 0.763. The van der Waals surface area contributed by atoms with Gasteiger partial charge in [0.25, 0.3) is 0 Å². The smallest absolute Gasteiger partial charge is 0.0875 e. The van der Waals surface area contributed by atoms with E-state index in [1.807, 2.05) is 6.07 Å². The van der Waals surface area contributed by atoms with Crippen molar-refractivity contribution in [1.82, 2.24) is 5.32 Å². The SMILES string of the molecule is CC(C)(C)C1C=C(c2ccccc2)NC=N1. The van der Waals surface area contributed by atoms with Crippen LogP contribution in [0.5, 0.6) is 0 Å². The summed E-state index contributed by atoms with van der Waals surface area (Å²) in [7, 11) is 0. The average Bonchev–Trinajstić information content (AvgIpc) is 2.29. The normalized spacial score (nSPS) is 20.2. The van der Waals surface area contributed by atoms with Crippen molar-refractivity contribution in [3.63, 3.8) is 0 Å². The van der Waals surface area contributed by atoms with Gasteiger partial charge in [0.1, 0.15) is 0 Å². The van der Waals surface area contributed by atoms with Gasteiger partial charge >= 0.3 is 0 Å². The number of aliphatic imine (C=N–C) groups is 1. The van der Waals surface area contributed by atoms with Gasteiger partial charge in [-0.15, -0.1) is 0 Å². The Hall–Kier alpha value is -1.57. The van der Waals surface area contributed by atoms with Crippen molar-refractivity contribution in [3.8, 4) is 0 Å². The first kappa shape index (κ1) is 10.9. The summed E-state index contributed by atoms with van der Waals surface area (Å²) in [6, 6.07) is 10.6.